The molecule has 0 radical (unpaired) electrons. The van der Waals surface area contributed by atoms with Crippen LogP contribution in [-0.2, 0) is 9.53 Å². The summed E-state index contributed by atoms with van der Waals surface area (Å²) in [5, 5.41) is 9.89. The van der Waals surface area contributed by atoms with E-state index in [0.717, 1.165) is 11.1 Å². The molecule has 4 aromatic rings. The number of carbonyl (C=O) groups excluding carboxylic acids is 3. The van der Waals surface area contributed by atoms with Crippen molar-refractivity contribution in [3.05, 3.63) is 113 Å². The van der Waals surface area contributed by atoms with Gasteiger partial charge in [0.1, 0.15) is 0 Å². The van der Waals surface area contributed by atoms with Gasteiger partial charge in [-0.15, -0.1) is 0 Å². The summed E-state index contributed by atoms with van der Waals surface area (Å²) in [7, 11) is 1.28. The molecule has 1 heterocycles. The van der Waals surface area contributed by atoms with Gasteiger partial charge in [-0.05, 0) is 55.3 Å². The van der Waals surface area contributed by atoms with Crippen molar-refractivity contribution in [1.29, 1.82) is 0 Å². The second-order valence-electron chi connectivity index (χ2n) is 8.33. The van der Waals surface area contributed by atoms with E-state index in [0.29, 0.717) is 28.1 Å². The van der Waals surface area contributed by atoms with Gasteiger partial charge in [-0.2, -0.15) is 5.10 Å². The summed E-state index contributed by atoms with van der Waals surface area (Å²) < 4.78 is 6.45. The molecule has 8 heteroatoms. The average Bonchev–Trinajstić information content (AvgIpc) is 3.35. The molecule has 182 valence electrons. The van der Waals surface area contributed by atoms with E-state index in [4.69, 9.17) is 4.74 Å². The van der Waals surface area contributed by atoms with Crippen LogP contribution in [0.3, 0.4) is 0 Å². The molecule has 2 amide bonds. The monoisotopic (exact) mass is 482 g/mol. The van der Waals surface area contributed by atoms with E-state index < -0.39 is 17.9 Å². The quantitative estimate of drug-likeness (QED) is 0.381. The fourth-order valence-corrected chi connectivity index (χ4v) is 3.82. The van der Waals surface area contributed by atoms with Gasteiger partial charge in [0.15, 0.2) is 6.04 Å². The van der Waals surface area contributed by atoms with Gasteiger partial charge >= 0.3 is 5.97 Å². The number of carbonyl (C=O) groups is 3. The molecule has 4 rings (SSSR count). The fraction of sp³-hybridized carbons (Fsp3) is 0.143. The lowest BCUT2D eigenvalue weighted by Crippen LogP contribution is -2.34. The van der Waals surface area contributed by atoms with E-state index in [9.17, 15) is 14.4 Å². The van der Waals surface area contributed by atoms with Crippen molar-refractivity contribution in [2.45, 2.75) is 19.9 Å². The van der Waals surface area contributed by atoms with Crippen LogP contribution in [0.5, 0.6) is 0 Å². The molecule has 1 atom stereocenters. The van der Waals surface area contributed by atoms with Crippen molar-refractivity contribution >= 4 is 23.5 Å². The molecule has 0 spiro atoms. The van der Waals surface area contributed by atoms with E-state index in [2.05, 4.69) is 15.7 Å². The van der Waals surface area contributed by atoms with Crippen molar-refractivity contribution in [3.63, 3.8) is 0 Å². The van der Waals surface area contributed by atoms with Gasteiger partial charge in [-0.25, -0.2) is 9.48 Å². The van der Waals surface area contributed by atoms with Crippen LogP contribution in [0.25, 0.3) is 5.69 Å². The maximum Gasteiger partial charge on any atom is 0.333 e. The van der Waals surface area contributed by atoms with Gasteiger partial charge in [-0.1, -0.05) is 48.0 Å². The van der Waals surface area contributed by atoms with Crippen LogP contribution in [-0.4, -0.2) is 34.7 Å². The highest BCUT2D eigenvalue weighted by Gasteiger charge is 2.24. The minimum absolute atomic E-state index is 0.211. The smallest absolute Gasteiger partial charge is 0.333 e. The number of hydrogen-bond acceptors (Lipinski definition) is 5. The molecule has 0 aliphatic carbocycles. The first kappa shape index (κ1) is 24.4. The number of amides is 2. The van der Waals surface area contributed by atoms with Crippen molar-refractivity contribution < 1.29 is 19.1 Å². The van der Waals surface area contributed by atoms with E-state index >= 15 is 0 Å². The minimum Gasteiger partial charge on any atom is -0.467 e. The summed E-state index contributed by atoms with van der Waals surface area (Å²) in [4.78, 5) is 37.7. The number of methoxy groups -OCH3 is 1. The van der Waals surface area contributed by atoms with Crippen LogP contribution >= 0.6 is 0 Å². The van der Waals surface area contributed by atoms with E-state index in [1.54, 1.807) is 71.7 Å². The number of benzene rings is 3. The Bertz CT molecular complexity index is 1390. The first-order chi connectivity index (χ1) is 17.4. The lowest BCUT2D eigenvalue weighted by atomic mass is 10.1. The molecule has 0 fully saturated rings. The topological polar surface area (TPSA) is 102 Å². The maximum atomic E-state index is 12.8. The van der Waals surface area contributed by atoms with Crippen LogP contribution in [0.2, 0.25) is 0 Å². The van der Waals surface area contributed by atoms with Gasteiger partial charge in [0.05, 0.1) is 30.9 Å². The Morgan fingerprint density at radius 1 is 0.917 bits per heavy atom. The van der Waals surface area contributed by atoms with Gasteiger partial charge in [0.2, 0.25) is 0 Å². The normalized spacial score (nSPS) is 11.4. The summed E-state index contributed by atoms with van der Waals surface area (Å²) in [5.74, 6) is -1.18. The molecule has 8 nitrogen and oxygen atoms in total. The number of ether oxygens (including phenoxy) is 1. The third-order valence-electron chi connectivity index (χ3n) is 5.71. The van der Waals surface area contributed by atoms with Crippen LogP contribution in [0.1, 0.15) is 43.4 Å². The standard InChI is InChI=1S/C28H26N4O4/c1-18-9-14-24(19(2)15-18)27(34)30-22-16-29-32(17-22)23-12-10-21(11-13-23)26(33)31-25(28(35)36-3)20-7-5-4-6-8-20/h4-17,25H,1-3H3,(H,30,34)(H,31,33)/t25-/m0/s1. The first-order valence-corrected chi connectivity index (χ1v) is 11.3. The Kier molecular flexibility index (Phi) is 7.25. The number of rotatable bonds is 7. The number of anilines is 1. The van der Waals surface area contributed by atoms with Gasteiger partial charge < -0.3 is 15.4 Å². The number of esters is 1. The number of hydrogen-bond donors (Lipinski definition) is 2. The minimum atomic E-state index is -0.919. The lowest BCUT2D eigenvalue weighted by molar-refractivity contribution is -0.143. The first-order valence-electron chi connectivity index (χ1n) is 11.3. The second-order valence-corrected chi connectivity index (χ2v) is 8.33. The van der Waals surface area contributed by atoms with Crippen LogP contribution in [0, 0.1) is 13.8 Å². The van der Waals surface area contributed by atoms with Crippen LogP contribution in [0.4, 0.5) is 5.69 Å². The van der Waals surface area contributed by atoms with Crippen molar-refractivity contribution in [2.24, 2.45) is 0 Å². The molecule has 0 aliphatic heterocycles. The third-order valence-corrected chi connectivity index (χ3v) is 5.71. The predicted octanol–water partition coefficient (Wildman–Crippen LogP) is 4.39. The summed E-state index contributed by atoms with van der Waals surface area (Å²) in [6.45, 7) is 3.88. The van der Waals surface area contributed by atoms with Crippen molar-refractivity contribution in [3.8, 4) is 5.69 Å². The third kappa shape index (κ3) is 5.50. The number of nitrogens with zero attached hydrogens (tertiary/aromatic N) is 2. The Morgan fingerprint density at radius 3 is 2.31 bits per heavy atom. The summed E-state index contributed by atoms with van der Waals surface area (Å²) in [6.07, 6.45) is 3.25. The maximum absolute atomic E-state index is 12.8. The second kappa shape index (κ2) is 10.7. The SMILES string of the molecule is COC(=O)[C@@H](NC(=O)c1ccc(-n2cc(NC(=O)c3ccc(C)cc3C)cn2)cc1)c1ccccc1. The van der Waals surface area contributed by atoms with E-state index in [-0.39, 0.29) is 5.91 Å². The highest BCUT2D eigenvalue weighted by atomic mass is 16.5. The molecule has 3 aromatic carbocycles. The van der Waals surface area contributed by atoms with Gasteiger partial charge in [0.25, 0.3) is 11.8 Å². The molecule has 0 aliphatic rings. The molecule has 2 N–H and O–H groups in total. The Morgan fingerprint density at radius 2 is 1.64 bits per heavy atom. The Hall–Kier alpha value is -4.72. The van der Waals surface area contributed by atoms with Crippen molar-refractivity contribution in [2.75, 3.05) is 12.4 Å². The molecule has 0 saturated carbocycles. The largest absolute Gasteiger partial charge is 0.467 e. The highest BCUT2D eigenvalue weighted by Crippen LogP contribution is 2.18. The summed E-state index contributed by atoms with van der Waals surface area (Å²) in [5.41, 5.74) is 4.84. The average molecular weight is 483 g/mol. The number of aryl methyl sites for hydroxylation is 2. The van der Waals surface area contributed by atoms with Gasteiger partial charge in [-0.3, -0.25) is 9.59 Å². The van der Waals surface area contributed by atoms with E-state index in [1.165, 1.54) is 7.11 Å². The van der Waals surface area contributed by atoms with Crippen LogP contribution < -0.4 is 10.6 Å². The molecule has 0 bridgehead atoms. The Balaban J connectivity index is 1.44. The van der Waals surface area contributed by atoms with Crippen LogP contribution in [0.15, 0.2) is 85.2 Å². The molecule has 0 unspecified atom stereocenters. The van der Waals surface area contributed by atoms with Crippen molar-refractivity contribution in [1.82, 2.24) is 15.1 Å². The molecular weight excluding hydrogens is 456 g/mol. The number of aromatic nitrogens is 2. The lowest BCUT2D eigenvalue weighted by Gasteiger charge is -2.17. The fourth-order valence-electron chi connectivity index (χ4n) is 3.82. The zero-order chi connectivity index (χ0) is 25.7. The molecular formula is C28H26N4O4. The Labute approximate surface area is 208 Å². The molecule has 36 heavy (non-hydrogen) atoms. The van der Waals surface area contributed by atoms with E-state index in [1.807, 2.05) is 32.0 Å². The molecule has 1 aromatic heterocycles. The predicted molar refractivity (Wildman–Crippen MR) is 136 cm³/mol. The highest BCUT2D eigenvalue weighted by molar-refractivity contribution is 6.05. The summed E-state index contributed by atoms with van der Waals surface area (Å²) >= 11 is 0. The molecule has 0 saturated heterocycles. The zero-order valence-electron chi connectivity index (χ0n) is 20.2. The number of nitrogens with one attached hydrogen (secondary N) is 2. The summed E-state index contributed by atoms with van der Waals surface area (Å²) in [6, 6.07) is 20.4. The zero-order valence-corrected chi connectivity index (χ0v) is 20.2. The van der Waals surface area contributed by atoms with Gasteiger partial charge in [0, 0.05) is 11.1 Å².